The largest absolute Gasteiger partial charge is 0.508 e. The molecule has 0 bridgehead atoms. The van der Waals surface area contributed by atoms with Gasteiger partial charge in [-0.15, -0.1) is 0 Å². The first-order valence-corrected chi connectivity index (χ1v) is 20.0. The van der Waals surface area contributed by atoms with Crippen molar-refractivity contribution in [2.45, 2.75) is 56.4 Å². The van der Waals surface area contributed by atoms with Crippen molar-refractivity contribution in [1.29, 1.82) is 0 Å². The van der Waals surface area contributed by atoms with Gasteiger partial charge < -0.3 is 30.4 Å². The lowest BCUT2D eigenvalue weighted by molar-refractivity contribution is -0.134. The molecule has 1 unspecified atom stereocenters. The summed E-state index contributed by atoms with van der Waals surface area (Å²) in [6.45, 7) is 5.18. The van der Waals surface area contributed by atoms with Crippen molar-refractivity contribution >= 4 is 35.1 Å². The van der Waals surface area contributed by atoms with Gasteiger partial charge in [-0.2, -0.15) is 0 Å². The molecule has 0 spiro atoms. The summed E-state index contributed by atoms with van der Waals surface area (Å²) in [6.07, 6.45) is 4.55. The molecule has 290 valence electrons. The van der Waals surface area contributed by atoms with Crippen molar-refractivity contribution in [3.8, 4) is 5.75 Å². The van der Waals surface area contributed by atoms with E-state index < -0.39 is 11.9 Å². The number of nitrogens with one attached hydrogen (secondary N) is 3. The second-order valence-corrected chi connectivity index (χ2v) is 15.6. The van der Waals surface area contributed by atoms with Crippen LogP contribution in [-0.2, 0) is 16.0 Å². The highest BCUT2D eigenvalue weighted by Crippen LogP contribution is 2.47. The number of hydrogen-bond acceptors (Lipinski definition) is 7. The Kier molecular flexibility index (Phi) is 10.9. The van der Waals surface area contributed by atoms with Gasteiger partial charge in [-0.05, 0) is 115 Å². The third-order valence-electron chi connectivity index (χ3n) is 12.2. The number of carbonyl (C=O) groups excluding carboxylic acids is 4. The number of piperidine rings is 2. The molecule has 3 fully saturated rings. The molecule has 0 saturated carbocycles. The zero-order chi connectivity index (χ0) is 38.6. The number of imide groups is 1. The van der Waals surface area contributed by atoms with E-state index in [1.165, 1.54) is 27.9 Å². The molecular weight excluding hydrogens is 705 g/mol. The summed E-state index contributed by atoms with van der Waals surface area (Å²) in [5.74, 6) is 0.231. The lowest BCUT2D eigenvalue weighted by Gasteiger charge is -2.37. The maximum absolute atomic E-state index is 13.1. The summed E-state index contributed by atoms with van der Waals surface area (Å²) < 4.78 is 0. The Bertz CT molecular complexity index is 2040. The summed E-state index contributed by atoms with van der Waals surface area (Å²) in [5, 5.41) is 18.4. The third kappa shape index (κ3) is 8.22. The number of piperazine rings is 1. The molecule has 4 N–H and O–H groups in total. The second-order valence-electron chi connectivity index (χ2n) is 15.6. The van der Waals surface area contributed by atoms with Gasteiger partial charge in [0.15, 0.2) is 0 Å². The number of anilines is 2. The molecule has 0 radical (unpaired) electrons. The van der Waals surface area contributed by atoms with Crippen molar-refractivity contribution in [3.05, 3.63) is 125 Å². The molecule has 3 aliphatic heterocycles. The maximum Gasteiger partial charge on any atom is 0.317 e. The van der Waals surface area contributed by atoms with Crippen molar-refractivity contribution in [3.63, 3.8) is 0 Å². The minimum absolute atomic E-state index is 0.0172. The molecule has 11 heteroatoms. The quantitative estimate of drug-likeness (QED) is 0.174. The van der Waals surface area contributed by atoms with Crippen LogP contribution in [-0.4, -0.2) is 85.6 Å². The van der Waals surface area contributed by atoms with Crippen LogP contribution in [0.3, 0.4) is 0 Å². The first kappa shape index (κ1) is 37.1. The number of rotatable bonds is 8. The van der Waals surface area contributed by atoms with E-state index in [2.05, 4.69) is 86.4 Å². The monoisotopic (exact) mass is 754 g/mol. The molecule has 0 aromatic heterocycles. The molecule has 56 heavy (non-hydrogen) atoms. The van der Waals surface area contributed by atoms with Gasteiger partial charge in [-0.3, -0.25) is 19.7 Å². The molecule has 4 aromatic carbocycles. The van der Waals surface area contributed by atoms with Crippen molar-refractivity contribution < 1.29 is 24.3 Å². The maximum atomic E-state index is 13.1. The summed E-state index contributed by atoms with van der Waals surface area (Å²) >= 11 is 0. The van der Waals surface area contributed by atoms with E-state index in [0.29, 0.717) is 62.3 Å². The Morgan fingerprint density at radius 2 is 1.39 bits per heavy atom. The van der Waals surface area contributed by atoms with E-state index in [0.717, 1.165) is 44.5 Å². The molecule has 3 saturated heterocycles. The Balaban J connectivity index is 0.789. The number of urea groups is 1. The van der Waals surface area contributed by atoms with E-state index in [-0.39, 0.29) is 30.2 Å². The van der Waals surface area contributed by atoms with E-state index >= 15 is 0 Å². The number of aromatic hydroxyl groups is 1. The average Bonchev–Trinajstić information content (AvgIpc) is 3.24. The van der Waals surface area contributed by atoms with Gasteiger partial charge in [0, 0.05) is 75.1 Å². The van der Waals surface area contributed by atoms with Gasteiger partial charge in [-0.25, -0.2) is 4.79 Å². The fraction of sp³-hybridized carbons (Fsp3) is 0.378. The number of nitrogens with zero attached hydrogens (tertiary/aromatic N) is 3. The van der Waals surface area contributed by atoms with E-state index in [4.69, 9.17) is 0 Å². The van der Waals surface area contributed by atoms with Crippen molar-refractivity contribution in [2.24, 2.45) is 5.92 Å². The first-order chi connectivity index (χ1) is 27.3. The van der Waals surface area contributed by atoms with E-state index in [1.54, 1.807) is 12.1 Å². The van der Waals surface area contributed by atoms with Gasteiger partial charge in [0.2, 0.25) is 11.8 Å². The Morgan fingerprint density at radius 3 is 2.09 bits per heavy atom. The fourth-order valence-corrected chi connectivity index (χ4v) is 8.97. The number of hydrogen-bond donors (Lipinski definition) is 4. The zero-order valence-corrected chi connectivity index (χ0v) is 31.7. The number of amides is 5. The van der Waals surface area contributed by atoms with Gasteiger partial charge in [0.1, 0.15) is 11.8 Å². The highest BCUT2D eigenvalue weighted by Gasteiger charge is 2.33. The summed E-state index contributed by atoms with van der Waals surface area (Å²) in [7, 11) is 0. The van der Waals surface area contributed by atoms with Crippen LogP contribution in [0.15, 0.2) is 97.1 Å². The fourth-order valence-electron chi connectivity index (χ4n) is 8.97. The van der Waals surface area contributed by atoms with Crippen LogP contribution in [0.1, 0.15) is 76.6 Å². The second kappa shape index (κ2) is 16.5. The Labute approximate surface area is 328 Å². The standard InChI is InChI=1S/C45H50N6O5/c52-37-15-17-39-34(28-37)10-16-38(31-4-2-1-3-5-31)42(39)32-6-11-35(12-7-32)49-22-20-30(21-23-49)29-46-45(56)51-26-24-50(25-27-51)36-13-8-33(9-14-36)43(54)47-40-18-19-41(53)48-44(40)55/h1-9,11-15,17,28,30,38,40,42,52H,10,16,18-27,29H2,(H,46,56)(H,47,54)(H,48,53,55)/t38-,40?,42+/m1/s1. The number of benzene rings is 4. The van der Waals surface area contributed by atoms with Gasteiger partial charge in [0.05, 0.1) is 0 Å². The van der Waals surface area contributed by atoms with E-state index in [9.17, 15) is 24.3 Å². The number of phenols is 1. The first-order valence-electron chi connectivity index (χ1n) is 20.0. The van der Waals surface area contributed by atoms with Crippen LogP contribution in [0, 0.1) is 5.92 Å². The summed E-state index contributed by atoms with van der Waals surface area (Å²) in [5.41, 5.74) is 7.87. The third-order valence-corrected chi connectivity index (χ3v) is 12.2. The van der Waals surface area contributed by atoms with Gasteiger partial charge in [-0.1, -0.05) is 48.5 Å². The van der Waals surface area contributed by atoms with Gasteiger partial charge in [0.25, 0.3) is 5.91 Å². The summed E-state index contributed by atoms with van der Waals surface area (Å²) in [4.78, 5) is 55.8. The van der Waals surface area contributed by atoms with E-state index in [1.807, 2.05) is 29.2 Å². The number of phenolic OH excluding ortho intramolecular Hbond substituents is 1. The van der Waals surface area contributed by atoms with Crippen LogP contribution in [0.2, 0.25) is 0 Å². The average molecular weight is 755 g/mol. The SMILES string of the molecule is O=C1CCC(NC(=O)c2ccc(N3CCN(C(=O)NCC4CCN(c5ccc([C@@H]6c7ccc(O)cc7CC[C@@H]6c6ccccc6)cc5)CC4)CC3)cc2)C(=O)N1. The number of carbonyl (C=O) groups is 4. The highest BCUT2D eigenvalue weighted by atomic mass is 16.3. The molecule has 1 aliphatic carbocycles. The lowest BCUT2D eigenvalue weighted by Crippen LogP contribution is -2.52. The Hall–Kier alpha value is -5.84. The molecule has 4 aliphatic rings. The normalized spacial score (nSPS) is 21.6. The zero-order valence-electron chi connectivity index (χ0n) is 31.7. The number of fused-ring (bicyclic) bond motifs is 1. The minimum atomic E-state index is -0.714. The minimum Gasteiger partial charge on any atom is -0.508 e. The molecule has 11 nitrogen and oxygen atoms in total. The van der Waals surface area contributed by atoms with Crippen LogP contribution in [0.4, 0.5) is 16.2 Å². The van der Waals surface area contributed by atoms with Crippen LogP contribution < -0.4 is 25.8 Å². The molecule has 4 aromatic rings. The predicted molar refractivity (Wildman–Crippen MR) is 216 cm³/mol. The molecule has 3 heterocycles. The van der Waals surface area contributed by atoms with Crippen LogP contribution >= 0.6 is 0 Å². The Morgan fingerprint density at radius 1 is 0.714 bits per heavy atom. The smallest absolute Gasteiger partial charge is 0.317 e. The molecule has 3 atom stereocenters. The molecular formula is C45H50N6O5. The number of aryl methyl sites for hydroxylation is 1. The van der Waals surface area contributed by atoms with Crippen LogP contribution in [0.25, 0.3) is 0 Å². The van der Waals surface area contributed by atoms with Gasteiger partial charge >= 0.3 is 6.03 Å². The summed E-state index contributed by atoms with van der Waals surface area (Å²) in [6, 6.07) is 32.3. The lowest BCUT2D eigenvalue weighted by atomic mass is 9.69. The topological polar surface area (TPSA) is 134 Å². The molecule has 8 rings (SSSR count). The van der Waals surface area contributed by atoms with Crippen molar-refractivity contribution in [1.82, 2.24) is 20.9 Å². The van der Waals surface area contributed by atoms with Crippen LogP contribution in [0.5, 0.6) is 5.75 Å². The molecule has 5 amide bonds. The predicted octanol–water partition coefficient (Wildman–Crippen LogP) is 5.54. The highest BCUT2D eigenvalue weighted by molar-refractivity contribution is 6.03. The van der Waals surface area contributed by atoms with Crippen molar-refractivity contribution in [2.75, 3.05) is 55.6 Å².